The number of benzene rings is 1. The molecule has 1 rings (SSSR count). The first-order chi connectivity index (χ1) is 6.92. The second-order valence-corrected chi connectivity index (χ2v) is 2.35. The molecule has 1 aromatic carbocycles. The zero-order valence-electron chi connectivity index (χ0n) is 6.99. The number of nitrogens with zero attached hydrogens (tertiary/aromatic N) is 3. The number of hydrogen-bond acceptors (Lipinski definition) is 2. The van der Waals surface area contributed by atoms with Crippen LogP contribution in [-0.2, 0) is 0 Å². The minimum atomic E-state index is -4.96. The maximum atomic E-state index is 12.9. The number of rotatable bonds is 2. The number of halogens is 4. The first-order valence-corrected chi connectivity index (χ1v) is 3.53. The van der Waals surface area contributed by atoms with Crippen molar-refractivity contribution in [2.45, 2.75) is 6.36 Å². The van der Waals surface area contributed by atoms with Gasteiger partial charge >= 0.3 is 6.36 Å². The monoisotopic (exact) mass is 221 g/mol. The summed E-state index contributed by atoms with van der Waals surface area (Å²) < 4.78 is 51.3. The van der Waals surface area contributed by atoms with Crippen molar-refractivity contribution in [3.63, 3.8) is 0 Å². The Bertz CT molecular complexity index is 411. The fourth-order valence-electron chi connectivity index (χ4n) is 0.811. The molecule has 0 saturated carbocycles. The van der Waals surface area contributed by atoms with Crippen LogP contribution >= 0.6 is 0 Å². The van der Waals surface area contributed by atoms with E-state index in [0.717, 1.165) is 12.1 Å². The van der Waals surface area contributed by atoms with Crippen LogP contribution in [0.1, 0.15) is 0 Å². The summed E-state index contributed by atoms with van der Waals surface area (Å²) in [5.74, 6) is -2.23. The van der Waals surface area contributed by atoms with E-state index in [1.165, 1.54) is 0 Å². The summed E-state index contributed by atoms with van der Waals surface area (Å²) in [6.45, 7) is 0. The SMILES string of the molecule is [N-]=[N+]=Nc1ccc(OC(F)(F)F)c(F)c1. The van der Waals surface area contributed by atoms with E-state index in [4.69, 9.17) is 5.53 Å². The molecule has 0 spiro atoms. The van der Waals surface area contributed by atoms with Crippen LogP contribution in [0.4, 0.5) is 23.2 Å². The van der Waals surface area contributed by atoms with Crippen molar-refractivity contribution in [1.29, 1.82) is 0 Å². The fraction of sp³-hybridized carbons (Fsp3) is 0.143. The molecule has 0 N–H and O–H groups in total. The summed E-state index contributed by atoms with van der Waals surface area (Å²) in [4.78, 5) is 2.35. The lowest BCUT2D eigenvalue weighted by molar-refractivity contribution is -0.275. The fourth-order valence-corrected chi connectivity index (χ4v) is 0.811. The zero-order valence-corrected chi connectivity index (χ0v) is 6.99. The van der Waals surface area contributed by atoms with Crippen LogP contribution in [0, 0.1) is 5.82 Å². The van der Waals surface area contributed by atoms with E-state index >= 15 is 0 Å². The van der Waals surface area contributed by atoms with Crippen LogP contribution in [0.3, 0.4) is 0 Å². The van der Waals surface area contributed by atoms with Gasteiger partial charge in [0.2, 0.25) is 0 Å². The topological polar surface area (TPSA) is 58.0 Å². The van der Waals surface area contributed by atoms with Crippen molar-refractivity contribution in [2.75, 3.05) is 0 Å². The standard InChI is InChI=1S/C7H3F4N3O/c8-5-3-4(13-14-12)1-2-6(5)15-7(9,10)11/h1-3H. The molecule has 80 valence electrons. The molecule has 0 atom stereocenters. The molecule has 0 radical (unpaired) electrons. The van der Waals surface area contributed by atoms with Crippen LogP contribution in [0.5, 0.6) is 5.75 Å². The van der Waals surface area contributed by atoms with Crippen molar-refractivity contribution in [3.05, 3.63) is 34.5 Å². The van der Waals surface area contributed by atoms with Gasteiger partial charge < -0.3 is 4.74 Å². The highest BCUT2D eigenvalue weighted by Gasteiger charge is 2.32. The predicted octanol–water partition coefficient (Wildman–Crippen LogP) is 3.67. The molecule has 15 heavy (non-hydrogen) atoms. The molecule has 0 aromatic heterocycles. The molecule has 0 amide bonds. The van der Waals surface area contributed by atoms with Crippen LogP contribution in [0.2, 0.25) is 0 Å². The number of azide groups is 1. The van der Waals surface area contributed by atoms with Crippen LogP contribution in [0.15, 0.2) is 23.3 Å². The molecule has 4 nitrogen and oxygen atoms in total. The Morgan fingerprint density at radius 2 is 2.00 bits per heavy atom. The van der Waals surface area contributed by atoms with Gasteiger partial charge in [-0.1, -0.05) is 5.11 Å². The van der Waals surface area contributed by atoms with Crippen LogP contribution in [-0.4, -0.2) is 6.36 Å². The lowest BCUT2D eigenvalue weighted by atomic mass is 10.3. The minimum Gasteiger partial charge on any atom is -0.403 e. The summed E-state index contributed by atoms with van der Waals surface area (Å²) in [7, 11) is 0. The molecule has 0 fully saturated rings. The first-order valence-electron chi connectivity index (χ1n) is 3.53. The predicted molar refractivity (Wildman–Crippen MR) is 41.9 cm³/mol. The van der Waals surface area contributed by atoms with Crippen molar-refractivity contribution >= 4 is 5.69 Å². The number of hydrogen-bond donors (Lipinski definition) is 0. The average Bonchev–Trinajstić information content (AvgIpc) is 2.08. The van der Waals surface area contributed by atoms with E-state index in [1.54, 1.807) is 0 Å². The summed E-state index contributed by atoms with van der Waals surface area (Å²) >= 11 is 0. The zero-order chi connectivity index (χ0) is 11.5. The number of ether oxygens (including phenoxy) is 1. The quantitative estimate of drug-likeness (QED) is 0.325. The highest BCUT2D eigenvalue weighted by Crippen LogP contribution is 2.28. The van der Waals surface area contributed by atoms with Gasteiger partial charge in [-0.3, -0.25) is 0 Å². The lowest BCUT2D eigenvalue weighted by Crippen LogP contribution is -2.17. The van der Waals surface area contributed by atoms with E-state index in [1.807, 2.05) is 0 Å². The third kappa shape index (κ3) is 3.35. The molecule has 0 saturated heterocycles. The highest BCUT2D eigenvalue weighted by atomic mass is 19.4. The van der Waals surface area contributed by atoms with Gasteiger partial charge in [0, 0.05) is 10.6 Å². The van der Waals surface area contributed by atoms with Gasteiger partial charge in [-0.25, -0.2) is 4.39 Å². The van der Waals surface area contributed by atoms with Crippen LogP contribution < -0.4 is 4.74 Å². The Kier molecular flexibility index (Phi) is 3.01. The van der Waals surface area contributed by atoms with Gasteiger partial charge in [-0.05, 0) is 23.7 Å². The van der Waals surface area contributed by atoms with Crippen molar-refractivity contribution < 1.29 is 22.3 Å². The third-order valence-corrected chi connectivity index (χ3v) is 1.30. The highest BCUT2D eigenvalue weighted by molar-refractivity contribution is 5.42. The molecule has 0 bridgehead atoms. The van der Waals surface area contributed by atoms with Gasteiger partial charge in [0.15, 0.2) is 11.6 Å². The summed E-state index contributed by atoms with van der Waals surface area (Å²) in [6.07, 6.45) is -4.96. The molecule has 0 aliphatic heterocycles. The van der Waals surface area contributed by atoms with E-state index in [0.29, 0.717) is 6.07 Å². The van der Waals surface area contributed by atoms with Gasteiger partial charge in [0.25, 0.3) is 0 Å². The molecule has 0 heterocycles. The summed E-state index contributed by atoms with van der Waals surface area (Å²) in [6, 6.07) is 2.37. The second-order valence-electron chi connectivity index (χ2n) is 2.35. The first kappa shape index (κ1) is 11.1. The molecular weight excluding hydrogens is 218 g/mol. The Morgan fingerprint density at radius 3 is 2.47 bits per heavy atom. The van der Waals surface area contributed by atoms with E-state index in [9.17, 15) is 17.6 Å². The molecule has 0 aliphatic rings. The van der Waals surface area contributed by atoms with Gasteiger partial charge in [-0.2, -0.15) is 0 Å². The van der Waals surface area contributed by atoms with E-state index < -0.39 is 17.9 Å². The second kappa shape index (κ2) is 4.05. The summed E-state index contributed by atoms with van der Waals surface area (Å²) in [5.41, 5.74) is 7.86. The average molecular weight is 221 g/mol. The Hall–Kier alpha value is -1.95. The molecule has 0 unspecified atom stereocenters. The van der Waals surface area contributed by atoms with Crippen LogP contribution in [0.25, 0.3) is 10.4 Å². The maximum absolute atomic E-state index is 12.9. The maximum Gasteiger partial charge on any atom is 0.573 e. The third-order valence-electron chi connectivity index (χ3n) is 1.30. The minimum absolute atomic E-state index is 0.135. The van der Waals surface area contributed by atoms with E-state index in [-0.39, 0.29) is 5.69 Å². The smallest absolute Gasteiger partial charge is 0.403 e. The Labute approximate surface area is 80.7 Å². The Morgan fingerprint density at radius 1 is 1.33 bits per heavy atom. The van der Waals surface area contributed by atoms with Gasteiger partial charge in [-0.15, -0.1) is 13.2 Å². The summed E-state index contributed by atoms with van der Waals surface area (Å²) in [5, 5.41) is 3.01. The van der Waals surface area contributed by atoms with Gasteiger partial charge in [0.05, 0.1) is 0 Å². The van der Waals surface area contributed by atoms with Crippen molar-refractivity contribution in [3.8, 4) is 5.75 Å². The lowest BCUT2D eigenvalue weighted by Gasteiger charge is -2.09. The molecule has 0 aliphatic carbocycles. The van der Waals surface area contributed by atoms with E-state index in [2.05, 4.69) is 14.8 Å². The van der Waals surface area contributed by atoms with Crippen molar-refractivity contribution in [2.24, 2.45) is 5.11 Å². The molecule has 8 heteroatoms. The normalized spacial score (nSPS) is 10.7. The largest absolute Gasteiger partial charge is 0.573 e. The van der Waals surface area contributed by atoms with Crippen molar-refractivity contribution in [1.82, 2.24) is 0 Å². The molecular formula is C7H3F4N3O. The molecule has 1 aromatic rings. The number of alkyl halides is 3. The Balaban J connectivity index is 2.98. The van der Waals surface area contributed by atoms with Gasteiger partial charge in [0.1, 0.15) is 0 Å².